The maximum atomic E-state index is 11.7. The van der Waals surface area contributed by atoms with Gasteiger partial charge in [-0.2, -0.15) is 0 Å². The molecule has 0 heterocycles. The number of carbonyl (C=O) groups excluding carboxylic acids is 1. The Bertz CT molecular complexity index is 442. The molecule has 0 aromatic rings. The normalized spacial score (nSPS) is 11.5. The molecule has 0 N–H and O–H groups in total. The Labute approximate surface area is 227 Å². The van der Waals surface area contributed by atoms with Gasteiger partial charge in [-0.15, -0.1) is 0 Å². The summed E-state index contributed by atoms with van der Waals surface area (Å²) in [6, 6.07) is 0. The molecule has 0 spiro atoms. The van der Waals surface area contributed by atoms with Gasteiger partial charge < -0.3 is 4.74 Å². The van der Waals surface area contributed by atoms with Crippen molar-refractivity contribution in [2.45, 2.75) is 200 Å². The zero-order valence-corrected chi connectivity index (χ0v) is 25.0. The molecule has 0 saturated carbocycles. The van der Waals surface area contributed by atoms with Gasteiger partial charge in [0, 0.05) is 6.42 Å². The Hall–Kier alpha value is -0.790. The molecule has 0 aliphatic rings. The quantitative estimate of drug-likeness (QED) is 0.0550. The van der Waals surface area contributed by atoms with Gasteiger partial charge in [-0.1, -0.05) is 174 Å². The number of esters is 1. The van der Waals surface area contributed by atoms with Crippen molar-refractivity contribution in [1.82, 2.24) is 0 Å². The third-order valence-electron chi connectivity index (χ3n) is 7.50. The van der Waals surface area contributed by atoms with Gasteiger partial charge in [0.1, 0.15) is 0 Å². The van der Waals surface area contributed by atoms with Crippen molar-refractivity contribution in [2.75, 3.05) is 0 Å². The highest BCUT2D eigenvalue weighted by Crippen LogP contribution is 2.16. The van der Waals surface area contributed by atoms with Gasteiger partial charge in [-0.3, -0.25) is 4.79 Å². The number of ether oxygens (including phenoxy) is 1. The lowest BCUT2D eigenvalue weighted by Gasteiger charge is -2.04. The van der Waals surface area contributed by atoms with Gasteiger partial charge in [0.2, 0.25) is 0 Å². The molecule has 36 heavy (non-hydrogen) atoms. The first-order valence-corrected chi connectivity index (χ1v) is 16.7. The molecule has 0 saturated heterocycles. The molecule has 0 radical (unpaired) electrons. The number of unbranched alkanes of at least 4 members (excludes halogenated alkanes) is 26. The lowest BCUT2D eigenvalue weighted by atomic mass is 10.0. The number of hydrogen-bond donors (Lipinski definition) is 0. The van der Waals surface area contributed by atoms with Crippen LogP contribution in [0.3, 0.4) is 0 Å². The number of rotatable bonds is 30. The molecule has 0 amide bonds. The molecule has 2 heteroatoms. The van der Waals surface area contributed by atoms with Crippen molar-refractivity contribution in [1.29, 1.82) is 0 Å². The molecule has 0 aromatic carbocycles. The highest BCUT2D eigenvalue weighted by atomic mass is 16.5. The lowest BCUT2D eigenvalue weighted by Crippen LogP contribution is -1.98. The van der Waals surface area contributed by atoms with E-state index in [9.17, 15) is 4.79 Å². The Morgan fingerprint density at radius 2 is 0.750 bits per heavy atom. The van der Waals surface area contributed by atoms with Crippen molar-refractivity contribution in [3.05, 3.63) is 12.3 Å². The van der Waals surface area contributed by atoms with E-state index < -0.39 is 0 Å². The molecule has 0 unspecified atom stereocenters. The summed E-state index contributed by atoms with van der Waals surface area (Å²) in [5, 5.41) is 0. The van der Waals surface area contributed by atoms with Crippen LogP contribution < -0.4 is 0 Å². The van der Waals surface area contributed by atoms with E-state index in [1.807, 2.05) is 6.08 Å². The highest BCUT2D eigenvalue weighted by molar-refractivity contribution is 5.69. The summed E-state index contributed by atoms with van der Waals surface area (Å²) in [7, 11) is 0. The smallest absolute Gasteiger partial charge is 0.310 e. The fraction of sp³-hybridized carbons (Fsp3) is 0.912. The van der Waals surface area contributed by atoms with E-state index in [4.69, 9.17) is 4.74 Å². The summed E-state index contributed by atoms with van der Waals surface area (Å²) in [5.41, 5.74) is 0. The van der Waals surface area contributed by atoms with Gasteiger partial charge >= 0.3 is 5.97 Å². The third-order valence-corrected chi connectivity index (χ3v) is 7.50. The van der Waals surface area contributed by atoms with Gasteiger partial charge in [0.25, 0.3) is 0 Å². The lowest BCUT2D eigenvalue weighted by molar-refractivity contribution is -0.138. The van der Waals surface area contributed by atoms with Crippen molar-refractivity contribution >= 4 is 5.97 Å². The van der Waals surface area contributed by atoms with Crippen LogP contribution in [0.4, 0.5) is 0 Å². The van der Waals surface area contributed by atoms with Gasteiger partial charge in [0.05, 0.1) is 6.26 Å². The first-order valence-electron chi connectivity index (χ1n) is 16.7. The van der Waals surface area contributed by atoms with Crippen molar-refractivity contribution in [2.24, 2.45) is 0 Å². The predicted octanol–water partition coefficient (Wildman–Crippen LogP) is 12.4. The fourth-order valence-corrected chi connectivity index (χ4v) is 4.99. The zero-order chi connectivity index (χ0) is 26.2. The van der Waals surface area contributed by atoms with Crippen LogP contribution in [-0.2, 0) is 9.53 Å². The number of hydrogen-bond acceptors (Lipinski definition) is 2. The van der Waals surface area contributed by atoms with Gasteiger partial charge in [-0.05, 0) is 25.3 Å². The average Bonchev–Trinajstić information content (AvgIpc) is 2.88. The monoisotopic (exact) mass is 507 g/mol. The molecular formula is C34H66O2. The molecule has 0 aromatic heterocycles. The van der Waals surface area contributed by atoms with E-state index in [0.29, 0.717) is 6.42 Å². The molecule has 0 fully saturated rings. The highest BCUT2D eigenvalue weighted by Gasteiger charge is 2.01. The number of allylic oxidation sites excluding steroid dienone is 1. The summed E-state index contributed by atoms with van der Waals surface area (Å²) in [6.07, 6.45) is 42.4. The minimum absolute atomic E-state index is 0.0689. The van der Waals surface area contributed by atoms with Crippen molar-refractivity contribution in [3.63, 3.8) is 0 Å². The van der Waals surface area contributed by atoms with Crippen molar-refractivity contribution in [3.8, 4) is 0 Å². The molecule has 0 aliphatic carbocycles. The van der Waals surface area contributed by atoms with E-state index in [0.717, 1.165) is 19.3 Å². The Morgan fingerprint density at radius 1 is 0.444 bits per heavy atom. The standard InChI is InChI=1S/C34H66O2/c1-3-5-7-9-10-11-12-13-14-15-16-17-18-19-20-21-22-23-24-25-26-27-28-30-32-34(35)36-33-31-29-8-6-4-2/h31,33H,3-30,32H2,1-2H3/b33-31+. The topological polar surface area (TPSA) is 26.3 Å². The van der Waals surface area contributed by atoms with Crippen LogP contribution in [0.5, 0.6) is 0 Å². The summed E-state index contributed by atoms with van der Waals surface area (Å²) in [5.74, 6) is -0.0689. The SMILES string of the molecule is CCCCC/C=C/OC(=O)CCCCCCCCCCCCCCCCCCCCCCCCCC. The zero-order valence-electron chi connectivity index (χ0n) is 25.0. The summed E-state index contributed by atoms with van der Waals surface area (Å²) >= 11 is 0. The largest absolute Gasteiger partial charge is 0.435 e. The van der Waals surface area contributed by atoms with E-state index in [1.54, 1.807) is 6.26 Å². The van der Waals surface area contributed by atoms with E-state index >= 15 is 0 Å². The number of carbonyl (C=O) groups is 1. The third kappa shape index (κ3) is 31.2. The first kappa shape index (κ1) is 35.2. The molecule has 0 aliphatic heterocycles. The second-order valence-corrected chi connectivity index (χ2v) is 11.2. The molecule has 2 nitrogen and oxygen atoms in total. The van der Waals surface area contributed by atoms with Crippen molar-refractivity contribution < 1.29 is 9.53 Å². The second kappa shape index (κ2) is 32.2. The van der Waals surface area contributed by atoms with E-state index in [-0.39, 0.29) is 5.97 Å². The Kier molecular flexibility index (Phi) is 31.5. The molecular weight excluding hydrogens is 440 g/mol. The minimum atomic E-state index is -0.0689. The molecule has 0 atom stereocenters. The van der Waals surface area contributed by atoms with E-state index in [2.05, 4.69) is 13.8 Å². The van der Waals surface area contributed by atoms with Crippen LogP contribution in [0.15, 0.2) is 12.3 Å². The predicted molar refractivity (Wildman–Crippen MR) is 160 cm³/mol. The van der Waals surface area contributed by atoms with Gasteiger partial charge in [-0.25, -0.2) is 0 Å². The first-order chi connectivity index (χ1) is 17.8. The second-order valence-electron chi connectivity index (χ2n) is 11.2. The van der Waals surface area contributed by atoms with Crippen LogP contribution in [0.2, 0.25) is 0 Å². The van der Waals surface area contributed by atoms with E-state index in [1.165, 1.54) is 161 Å². The van der Waals surface area contributed by atoms with Crippen LogP contribution >= 0.6 is 0 Å². The van der Waals surface area contributed by atoms with Crippen LogP contribution in [-0.4, -0.2) is 5.97 Å². The summed E-state index contributed by atoms with van der Waals surface area (Å²) < 4.78 is 5.15. The van der Waals surface area contributed by atoms with Crippen LogP contribution in [0.1, 0.15) is 200 Å². The van der Waals surface area contributed by atoms with Crippen LogP contribution in [0, 0.1) is 0 Å². The maximum absolute atomic E-state index is 11.7. The molecule has 0 rings (SSSR count). The Morgan fingerprint density at radius 3 is 1.11 bits per heavy atom. The van der Waals surface area contributed by atoms with Crippen LogP contribution in [0.25, 0.3) is 0 Å². The summed E-state index contributed by atoms with van der Waals surface area (Å²) in [4.78, 5) is 11.7. The molecule has 214 valence electrons. The Balaban J connectivity index is 3.12. The summed E-state index contributed by atoms with van der Waals surface area (Å²) in [6.45, 7) is 4.50. The van der Waals surface area contributed by atoms with Gasteiger partial charge in [0.15, 0.2) is 0 Å². The minimum Gasteiger partial charge on any atom is -0.435 e. The fourth-order valence-electron chi connectivity index (χ4n) is 4.99. The molecule has 0 bridgehead atoms. The maximum Gasteiger partial charge on any atom is 0.310 e. The average molecular weight is 507 g/mol.